The maximum atomic E-state index is 13.6. The van der Waals surface area contributed by atoms with Gasteiger partial charge >= 0.3 is 6.18 Å². The molecule has 3 heterocycles. The van der Waals surface area contributed by atoms with Crippen molar-refractivity contribution in [2.45, 2.75) is 19.5 Å². The molecule has 0 bridgehead atoms. The summed E-state index contributed by atoms with van der Waals surface area (Å²) in [6, 6.07) is 8.46. The summed E-state index contributed by atoms with van der Waals surface area (Å²) in [5.74, 6) is 0.0482. The van der Waals surface area contributed by atoms with Gasteiger partial charge < -0.3 is 0 Å². The summed E-state index contributed by atoms with van der Waals surface area (Å²) < 4.78 is 40.9. The molecule has 0 amide bonds. The fourth-order valence-electron chi connectivity index (χ4n) is 3.27. The van der Waals surface area contributed by atoms with Crippen LogP contribution in [0.2, 0.25) is 0 Å². The highest BCUT2D eigenvalue weighted by Crippen LogP contribution is 2.38. The molecule has 1 aromatic carbocycles. The number of hydrogen-bond donors (Lipinski definition) is 0. The molecule has 32 heavy (non-hydrogen) atoms. The van der Waals surface area contributed by atoms with E-state index < -0.39 is 11.7 Å². The second kappa shape index (κ2) is 8.29. The van der Waals surface area contributed by atoms with E-state index >= 15 is 0 Å². The Kier molecular flexibility index (Phi) is 5.52. The van der Waals surface area contributed by atoms with E-state index in [2.05, 4.69) is 25.4 Å². The first kappa shape index (κ1) is 21.3. The standard InChI is InChI=1S/C22H17F3N6O/c1-13-7-8-26-12-18(13)20(32)10-16-5-3-15(11-27-16)17-9-14(21-28-30-31(2)29-21)4-6-19(17)22(23,24)25/h3-9,11-12H,10H2,1-2H3. The molecule has 10 heteroatoms. The Bertz CT molecular complexity index is 1280. The van der Waals surface area contributed by atoms with Gasteiger partial charge in [-0.05, 0) is 47.5 Å². The lowest BCUT2D eigenvalue weighted by Gasteiger charge is -2.14. The van der Waals surface area contributed by atoms with Gasteiger partial charge in [0.1, 0.15) is 0 Å². The van der Waals surface area contributed by atoms with Crippen LogP contribution < -0.4 is 0 Å². The Morgan fingerprint density at radius 1 is 1.06 bits per heavy atom. The fraction of sp³-hybridized carbons (Fsp3) is 0.182. The van der Waals surface area contributed by atoms with Crippen LogP contribution in [0.4, 0.5) is 13.2 Å². The zero-order chi connectivity index (χ0) is 22.9. The minimum absolute atomic E-state index is 0.0164. The molecule has 0 fully saturated rings. The van der Waals surface area contributed by atoms with E-state index in [9.17, 15) is 18.0 Å². The number of carbonyl (C=O) groups excluding carboxylic acids is 1. The van der Waals surface area contributed by atoms with Gasteiger partial charge in [0.2, 0.25) is 5.82 Å². The summed E-state index contributed by atoms with van der Waals surface area (Å²) >= 11 is 0. The molecule has 0 atom stereocenters. The van der Waals surface area contributed by atoms with E-state index in [0.717, 1.165) is 11.6 Å². The molecule has 0 aliphatic rings. The normalized spacial score (nSPS) is 11.5. The van der Waals surface area contributed by atoms with Crippen LogP contribution >= 0.6 is 0 Å². The predicted octanol–water partition coefficient (Wildman–Crippen LogP) is 4.09. The number of hydrogen-bond acceptors (Lipinski definition) is 6. The van der Waals surface area contributed by atoms with Gasteiger partial charge in [-0.3, -0.25) is 14.8 Å². The van der Waals surface area contributed by atoms with Crippen LogP contribution in [0.1, 0.15) is 27.2 Å². The van der Waals surface area contributed by atoms with Crippen molar-refractivity contribution in [3.8, 4) is 22.5 Å². The summed E-state index contributed by atoms with van der Waals surface area (Å²) in [7, 11) is 1.57. The molecule has 162 valence electrons. The van der Waals surface area contributed by atoms with Crippen molar-refractivity contribution in [3.63, 3.8) is 0 Å². The molecular formula is C22H17F3N6O. The van der Waals surface area contributed by atoms with Gasteiger partial charge in [0.05, 0.1) is 19.0 Å². The number of pyridine rings is 2. The number of Topliss-reactive ketones (excluding diaryl/α,β-unsaturated/α-hetero) is 1. The van der Waals surface area contributed by atoms with Gasteiger partial charge in [0, 0.05) is 41.0 Å². The van der Waals surface area contributed by atoms with E-state index in [1.54, 1.807) is 25.4 Å². The molecule has 0 aliphatic carbocycles. The summed E-state index contributed by atoms with van der Waals surface area (Å²) in [5.41, 5.74) is 1.53. The highest BCUT2D eigenvalue weighted by molar-refractivity contribution is 5.98. The topological polar surface area (TPSA) is 86.5 Å². The highest BCUT2D eigenvalue weighted by atomic mass is 19.4. The molecule has 3 aromatic heterocycles. The maximum absolute atomic E-state index is 13.6. The first-order chi connectivity index (χ1) is 15.2. The van der Waals surface area contributed by atoms with E-state index in [1.807, 2.05) is 6.92 Å². The minimum Gasteiger partial charge on any atom is -0.294 e. The minimum atomic E-state index is -4.56. The number of ketones is 1. The monoisotopic (exact) mass is 438 g/mol. The van der Waals surface area contributed by atoms with Crippen molar-refractivity contribution in [1.82, 2.24) is 30.2 Å². The predicted molar refractivity (Wildman–Crippen MR) is 109 cm³/mol. The number of carbonyl (C=O) groups is 1. The molecule has 7 nitrogen and oxygen atoms in total. The lowest BCUT2D eigenvalue weighted by molar-refractivity contribution is -0.137. The Labute approximate surface area is 181 Å². The summed E-state index contributed by atoms with van der Waals surface area (Å²) in [6.45, 7) is 1.81. The van der Waals surface area contributed by atoms with Crippen molar-refractivity contribution in [1.29, 1.82) is 0 Å². The van der Waals surface area contributed by atoms with E-state index in [0.29, 0.717) is 16.8 Å². The average molecular weight is 438 g/mol. The van der Waals surface area contributed by atoms with Crippen LogP contribution in [0.25, 0.3) is 22.5 Å². The zero-order valence-corrected chi connectivity index (χ0v) is 17.1. The number of aryl methyl sites for hydroxylation is 2. The third kappa shape index (κ3) is 4.39. The smallest absolute Gasteiger partial charge is 0.294 e. The van der Waals surface area contributed by atoms with Crippen molar-refractivity contribution in [2.75, 3.05) is 0 Å². The van der Waals surface area contributed by atoms with Crippen LogP contribution in [0.15, 0.2) is 55.0 Å². The molecule has 0 unspecified atom stereocenters. The summed E-state index contributed by atoms with van der Waals surface area (Å²) in [5, 5.41) is 11.6. The number of rotatable bonds is 5. The van der Waals surface area contributed by atoms with E-state index in [4.69, 9.17) is 0 Å². The molecule has 0 spiro atoms. The van der Waals surface area contributed by atoms with Gasteiger partial charge in [-0.15, -0.1) is 10.2 Å². The summed E-state index contributed by atoms with van der Waals surface area (Å²) in [6.07, 6.45) is -0.120. The summed E-state index contributed by atoms with van der Waals surface area (Å²) in [4.78, 5) is 21.9. The lowest BCUT2D eigenvalue weighted by atomic mass is 9.97. The highest BCUT2D eigenvalue weighted by Gasteiger charge is 2.34. The Morgan fingerprint density at radius 2 is 1.84 bits per heavy atom. The van der Waals surface area contributed by atoms with Gasteiger partial charge in [-0.25, -0.2) is 0 Å². The van der Waals surface area contributed by atoms with Crippen LogP contribution in [0, 0.1) is 6.92 Å². The molecule has 0 aliphatic heterocycles. The lowest BCUT2D eigenvalue weighted by Crippen LogP contribution is -2.09. The molecule has 0 saturated heterocycles. The van der Waals surface area contributed by atoms with Crippen LogP contribution in [-0.2, 0) is 19.6 Å². The average Bonchev–Trinajstić information content (AvgIpc) is 3.20. The van der Waals surface area contributed by atoms with Crippen LogP contribution in [0.3, 0.4) is 0 Å². The SMILES string of the molecule is Cc1ccncc1C(=O)Cc1ccc(-c2cc(-c3nnn(C)n3)ccc2C(F)(F)F)cn1. The van der Waals surface area contributed by atoms with Gasteiger partial charge in [-0.2, -0.15) is 18.0 Å². The first-order valence-corrected chi connectivity index (χ1v) is 9.57. The zero-order valence-electron chi connectivity index (χ0n) is 17.1. The molecule has 0 N–H and O–H groups in total. The molecule has 4 rings (SSSR count). The number of alkyl halides is 3. The third-order valence-electron chi connectivity index (χ3n) is 4.91. The maximum Gasteiger partial charge on any atom is 0.417 e. The Morgan fingerprint density at radius 3 is 2.47 bits per heavy atom. The van der Waals surface area contributed by atoms with Crippen molar-refractivity contribution >= 4 is 5.78 Å². The van der Waals surface area contributed by atoms with Crippen LogP contribution in [0.5, 0.6) is 0 Å². The van der Waals surface area contributed by atoms with Crippen molar-refractivity contribution in [2.24, 2.45) is 7.05 Å². The number of nitrogens with zero attached hydrogens (tertiary/aromatic N) is 6. The molecular weight excluding hydrogens is 421 g/mol. The number of benzene rings is 1. The second-order valence-electron chi connectivity index (χ2n) is 7.19. The molecule has 0 radical (unpaired) electrons. The number of tetrazole rings is 1. The molecule has 4 aromatic rings. The van der Waals surface area contributed by atoms with Crippen molar-refractivity contribution < 1.29 is 18.0 Å². The first-order valence-electron chi connectivity index (χ1n) is 9.57. The third-order valence-corrected chi connectivity index (χ3v) is 4.91. The van der Waals surface area contributed by atoms with Gasteiger partial charge in [0.15, 0.2) is 5.78 Å². The Hall–Kier alpha value is -3.95. The fourth-order valence-corrected chi connectivity index (χ4v) is 3.27. The van der Waals surface area contributed by atoms with Gasteiger partial charge in [-0.1, -0.05) is 12.1 Å². The second-order valence-corrected chi connectivity index (χ2v) is 7.19. The Balaban J connectivity index is 1.67. The van der Waals surface area contributed by atoms with E-state index in [-0.39, 0.29) is 29.2 Å². The molecule has 0 saturated carbocycles. The van der Waals surface area contributed by atoms with Crippen molar-refractivity contribution in [3.05, 3.63) is 77.4 Å². The van der Waals surface area contributed by atoms with Crippen LogP contribution in [-0.4, -0.2) is 36.0 Å². The largest absolute Gasteiger partial charge is 0.417 e. The van der Waals surface area contributed by atoms with Gasteiger partial charge in [0.25, 0.3) is 0 Å². The number of halogens is 3. The number of aromatic nitrogens is 6. The quantitative estimate of drug-likeness (QED) is 0.437. The van der Waals surface area contributed by atoms with E-state index in [1.165, 1.54) is 35.4 Å².